The molecule has 4 atom stereocenters. The van der Waals surface area contributed by atoms with Crippen LogP contribution in [0, 0.1) is 23.8 Å². The Morgan fingerprint density at radius 2 is 2.35 bits per heavy atom. The maximum absolute atomic E-state index is 9.86. The second kappa shape index (κ2) is 7.04. The monoisotopic (exact) mass is 319 g/mol. The molecule has 2 rings (SSSR count). The fourth-order valence-corrected chi connectivity index (χ4v) is 3.25. The molecular formula is C12H13BNOSY-. The summed E-state index contributed by atoms with van der Waals surface area (Å²) < 4.78 is 0. The van der Waals surface area contributed by atoms with Crippen LogP contribution in [0.2, 0.25) is 6.32 Å². The minimum absolute atomic E-state index is 0. The molecule has 3 radical (unpaired) electrons. The first-order valence-corrected chi connectivity index (χ1v) is 6.27. The molecule has 4 unspecified atom stereocenters. The fourth-order valence-electron chi connectivity index (χ4n) is 2.55. The SMILES string of the molecule is [B]CC1C(O)CC([N+]#[C-])C1Cc1cc[c-]s1.[Y]. The van der Waals surface area contributed by atoms with Gasteiger partial charge >= 0.3 is 0 Å². The summed E-state index contributed by atoms with van der Waals surface area (Å²) in [5, 5.41) is 12.9. The van der Waals surface area contributed by atoms with E-state index < -0.39 is 6.10 Å². The topological polar surface area (TPSA) is 24.6 Å². The Morgan fingerprint density at radius 3 is 2.88 bits per heavy atom. The Hall–Kier alpha value is 0.319. The van der Waals surface area contributed by atoms with Gasteiger partial charge in [0.15, 0.2) is 0 Å². The largest absolute Gasteiger partial charge is 0.393 e. The second-order valence-corrected chi connectivity index (χ2v) is 5.25. The van der Waals surface area contributed by atoms with Gasteiger partial charge in [0, 0.05) is 45.0 Å². The van der Waals surface area contributed by atoms with Gasteiger partial charge in [-0.1, -0.05) is 12.7 Å². The van der Waals surface area contributed by atoms with Gasteiger partial charge in [0.25, 0.3) is 0 Å². The normalized spacial score (nSPS) is 31.8. The summed E-state index contributed by atoms with van der Waals surface area (Å²) in [6.45, 7) is 7.18. The summed E-state index contributed by atoms with van der Waals surface area (Å²) in [7, 11) is 5.69. The van der Waals surface area contributed by atoms with Crippen molar-refractivity contribution in [3.8, 4) is 0 Å². The van der Waals surface area contributed by atoms with Crippen LogP contribution in [-0.2, 0) is 39.1 Å². The van der Waals surface area contributed by atoms with Crippen LogP contribution in [0.15, 0.2) is 12.1 Å². The molecule has 0 bridgehead atoms. The van der Waals surface area contributed by atoms with Gasteiger partial charge in [0.1, 0.15) is 0 Å². The molecule has 0 aliphatic heterocycles. The first-order valence-electron chi connectivity index (χ1n) is 5.45. The van der Waals surface area contributed by atoms with Crippen molar-refractivity contribution in [3.63, 3.8) is 0 Å². The van der Waals surface area contributed by atoms with E-state index in [1.165, 1.54) is 4.88 Å². The molecular weight excluding hydrogens is 306 g/mol. The van der Waals surface area contributed by atoms with Gasteiger partial charge in [0.2, 0.25) is 6.04 Å². The van der Waals surface area contributed by atoms with E-state index in [4.69, 9.17) is 14.4 Å². The van der Waals surface area contributed by atoms with Crippen molar-refractivity contribution >= 4 is 19.2 Å². The maximum Gasteiger partial charge on any atom is 0.228 e. The quantitative estimate of drug-likeness (QED) is 0.669. The number of aliphatic hydroxyl groups is 1. The van der Waals surface area contributed by atoms with Gasteiger partial charge in [-0.05, 0) is 5.92 Å². The summed E-state index contributed by atoms with van der Waals surface area (Å²) in [5.41, 5.74) is 0. The van der Waals surface area contributed by atoms with Crippen molar-refractivity contribution in [2.24, 2.45) is 11.8 Å². The molecule has 1 aromatic rings. The summed E-state index contributed by atoms with van der Waals surface area (Å²) in [5.74, 6) is 0.269. The molecule has 1 saturated carbocycles. The van der Waals surface area contributed by atoms with Crippen molar-refractivity contribution in [2.75, 3.05) is 0 Å². The van der Waals surface area contributed by atoms with Gasteiger partial charge in [-0.2, -0.15) is 6.07 Å². The average Bonchev–Trinajstić information content (AvgIpc) is 2.87. The van der Waals surface area contributed by atoms with E-state index in [1.807, 2.05) is 12.1 Å². The molecule has 1 aliphatic rings. The maximum atomic E-state index is 9.86. The van der Waals surface area contributed by atoms with Crippen LogP contribution in [0.3, 0.4) is 0 Å². The van der Waals surface area contributed by atoms with Gasteiger partial charge in [0.05, 0.1) is 14.0 Å². The van der Waals surface area contributed by atoms with Gasteiger partial charge in [-0.25, -0.2) is 12.6 Å². The standard InChI is InChI=1S/C12H13BNOS.Y/c1-14-11-6-12(15)10(7-13)9(11)5-8-3-2-4-16-8;/h2-3,9-12,15H,5-7H2;/q-1;. The van der Waals surface area contributed by atoms with Crippen molar-refractivity contribution < 1.29 is 37.8 Å². The molecule has 0 aromatic carbocycles. The Bertz CT molecular complexity index is 378. The molecule has 2 nitrogen and oxygen atoms in total. The van der Waals surface area contributed by atoms with E-state index in [1.54, 1.807) is 11.3 Å². The van der Waals surface area contributed by atoms with E-state index in [9.17, 15) is 5.11 Å². The predicted octanol–water partition coefficient (Wildman–Crippen LogP) is 1.96. The number of hydrogen-bond donors (Lipinski definition) is 1. The van der Waals surface area contributed by atoms with Crippen molar-refractivity contribution in [1.82, 2.24) is 0 Å². The van der Waals surface area contributed by atoms with Crippen LogP contribution >= 0.6 is 11.3 Å². The van der Waals surface area contributed by atoms with E-state index in [-0.39, 0.29) is 50.6 Å². The van der Waals surface area contributed by atoms with E-state index in [2.05, 4.69) is 10.2 Å². The summed E-state index contributed by atoms with van der Waals surface area (Å²) >= 11 is 1.59. The van der Waals surface area contributed by atoms with Crippen LogP contribution in [0.25, 0.3) is 4.85 Å². The minimum atomic E-state index is -0.405. The van der Waals surface area contributed by atoms with Crippen molar-refractivity contribution in [3.05, 3.63) is 33.8 Å². The molecule has 1 aromatic heterocycles. The first kappa shape index (κ1) is 15.4. The van der Waals surface area contributed by atoms with Crippen LogP contribution in [-0.4, -0.2) is 25.1 Å². The third-order valence-electron chi connectivity index (χ3n) is 3.42. The number of nitrogens with zero attached hydrogens (tertiary/aromatic N) is 1. The van der Waals surface area contributed by atoms with Crippen LogP contribution in [0.4, 0.5) is 0 Å². The third kappa shape index (κ3) is 3.41. The molecule has 0 spiro atoms. The predicted molar refractivity (Wildman–Crippen MR) is 65.4 cm³/mol. The Balaban J connectivity index is 0.00000144. The van der Waals surface area contributed by atoms with Crippen LogP contribution < -0.4 is 0 Å². The Morgan fingerprint density at radius 1 is 1.59 bits per heavy atom. The zero-order valence-corrected chi connectivity index (χ0v) is 13.2. The summed E-state index contributed by atoms with van der Waals surface area (Å²) in [6, 6.07) is 3.85. The molecule has 5 heteroatoms. The molecule has 0 amide bonds. The second-order valence-electron chi connectivity index (χ2n) is 4.29. The van der Waals surface area contributed by atoms with Crippen LogP contribution in [0.5, 0.6) is 0 Å². The zero-order chi connectivity index (χ0) is 11.5. The number of hydrogen-bond acceptors (Lipinski definition) is 2. The molecule has 17 heavy (non-hydrogen) atoms. The Kier molecular flexibility index (Phi) is 6.37. The molecule has 1 N–H and O–H groups in total. The van der Waals surface area contributed by atoms with Crippen molar-refractivity contribution in [2.45, 2.75) is 31.3 Å². The van der Waals surface area contributed by atoms with Crippen LogP contribution in [0.1, 0.15) is 11.3 Å². The molecule has 1 aliphatic carbocycles. The Labute approximate surface area is 133 Å². The first-order chi connectivity index (χ1) is 7.76. The number of rotatable bonds is 3. The average molecular weight is 319 g/mol. The summed E-state index contributed by atoms with van der Waals surface area (Å²) in [6.07, 6.45) is 1.48. The van der Waals surface area contributed by atoms with Crippen molar-refractivity contribution in [1.29, 1.82) is 0 Å². The summed E-state index contributed by atoms with van der Waals surface area (Å²) in [4.78, 5) is 4.85. The molecule has 1 heterocycles. The number of thiophene rings is 1. The molecule has 1 fully saturated rings. The number of aliphatic hydroxyl groups excluding tert-OH is 1. The third-order valence-corrected chi connectivity index (χ3v) is 4.24. The van der Waals surface area contributed by atoms with Gasteiger partial charge < -0.3 is 21.3 Å². The minimum Gasteiger partial charge on any atom is -0.393 e. The van der Waals surface area contributed by atoms with E-state index in [0.29, 0.717) is 12.7 Å². The molecule has 85 valence electrons. The van der Waals surface area contributed by atoms with E-state index >= 15 is 0 Å². The smallest absolute Gasteiger partial charge is 0.228 e. The van der Waals surface area contributed by atoms with E-state index in [0.717, 1.165) is 6.42 Å². The molecule has 0 saturated heterocycles. The fraction of sp³-hybridized carbons (Fsp3) is 0.583. The van der Waals surface area contributed by atoms with Gasteiger partial charge in [-0.15, -0.1) is 10.3 Å². The zero-order valence-electron chi connectivity index (χ0n) is 9.54. The van der Waals surface area contributed by atoms with Gasteiger partial charge in [-0.3, -0.25) is 0 Å².